The highest BCUT2D eigenvalue weighted by Crippen LogP contribution is 1.92. The predicted octanol–water partition coefficient (Wildman–Crippen LogP) is -0.424. The lowest BCUT2D eigenvalue weighted by atomic mass is 10.4. The Morgan fingerprint density at radius 3 is 1.55 bits per heavy atom. The first kappa shape index (κ1) is 16.9. The summed E-state index contributed by atoms with van der Waals surface area (Å²) in [5.41, 5.74) is 13.5. The van der Waals surface area contributed by atoms with E-state index in [2.05, 4.69) is 22.2 Å². The molecule has 1 heterocycles. The summed E-state index contributed by atoms with van der Waals surface area (Å²) in [5.74, 6) is 0. The normalized spacial score (nSPS) is 11.1. The van der Waals surface area contributed by atoms with Crippen LogP contribution in [0.5, 0.6) is 0 Å². The molecule has 70 valence electrons. The zero-order chi connectivity index (χ0) is 9.54. The zero-order valence-corrected chi connectivity index (χ0v) is 7.88. The summed E-state index contributed by atoms with van der Waals surface area (Å²) >= 11 is 0. The second kappa shape index (κ2) is 33.7. The fourth-order valence-corrected chi connectivity index (χ4v) is 0.456. The molecule has 0 atom stereocenters. The van der Waals surface area contributed by atoms with Crippen LogP contribution in [-0.2, 0) is 0 Å². The first-order chi connectivity index (χ1) is 5.50. The van der Waals surface area contributed by atoms with Gasteiger partial charge in [0.25, 0.3) is 0 Å². The maximum absolute atomic E-state index is 4.50. The topological polar surface area (TPSA) is 90.4 Å². The van der Waals surface area contributed by atoms with Crippen molar-refractivity contribution in [3.63, 3.8) is 0 Å². The Bertz CT molecular complexity index is 48.4. The van der Waals surface area contributed by atoms with Crippen LogP contribution in [-0.4, -0.2) is 33.9 Å². The summed E-state index contributed by atoms with van der Waals surface area (Å²) in [6.07, 6.45) is 4.47. The van der Waals surface area contributed by atoms with E-state index in [1.807, 2.05) is 6.21 Å². The van der Waals surface area contributed by atoms with Gasteiger partial charge in [0.2, 0.25) is 0 Å². The van der Waals surface area contributed by atoms with E-state index in [1.54, 1.807) is 0 Å². The molecule has 0 saturated carbocycles. The molecule has 0 amide bonds. The van der Waals surface area contributed by atoms with Gasteiger partial charge < -0.3 is 17.2 Å². The molecular weight excluding hydrogens is 140 g/mol. The summed E-state index contributed by atoms with van der Waals surface area (Å²) in [7, 11) is 4.50. The van der Waals surface area contributed by atoms with Crippen molar-refractivity contribution >= 4 is 6.21 Å². The van der Waals surface area contributed by atoms with Gasteiger partial charge in [-0.05, 0) is 40.2 Å². The maximum Gasteiger partial charge on any atom is 0.0388 e. The average Bonchev–Trinajstić information content (AvgIpc) is 2.71. The van der Waals surface area contributed by atoms with E-state index in [0.29, 0.717) is 0 Å². The molecule has 0 aromatic rings. The second-order valence-electron chi connectivity index (χ2n) is 1.23. The fraction of sp³-hybridized carbons (Fsp3) is 0.857. The zero-order valence-electron chi connectivity index (χ0n) is 7.88. The Balaban J connectivity index is -0.0000000933. The summed E-state index contributed by atoms with van der Waals surface area (Å²) in [4.78, 5) is 3.96. The van der Waals surface area contributed by atoms with Crippen molar-refractivity contribution in [2.24, 2.45) is 22.2 Å². The lowest BCUT2D eigenvalue weighted by Crippen LogP contribution is -1.69. The van der Waals surface area contributed by atoms with Crippen LogP contribution in [0.4, 0.5) is 0 Å². The van der Waals surface area contributed by atoms with E-state index >= 15 is 0 Å². The van der Waals surface area contributed by atoms with Gasteiger partial charge >= 0.3 is 0 Å². The summed E-state index contributed by atoms with van der Waals surface area (Å²) in [6, 6.07) is 0. The van der Waals surface area contributed by atoms with Crippen LogP contribution in [0.15, 0.2) is 4.99 Å². The molecule has 11 heavy (non-hydrogen) atoms. The van der Waals surface area contributed by atoms with Crippen molar-refractivity contribution in [1.82, 2.24) is 0 Å². The summed E-state index contributed by atoms with van der Waals surface area (Å²) in [5, 5.41) is 0. The number of nitrogens with two attached hydrogens (primary N) is 3. The van der Waals surface area contributed by atoms with Crippen molar-refractivity contribution in [1.29, 1.82) is 0 Å². The van der Waals surface area contributed by atoms with Crippen molar-refractivity contribution in [2.45, 2.75) is 12.8 Å². The van der Waals surface area contributed by atoms with Gasteiger partial charge in [0.15, 0.2) is 0 Å². The highest BCUT2D eigenvalue weighted by Gasteiger charge is 1.85. The second-order valence-corrected chi connectivity index (χ2v) is 1.23. The summed E-state index contributed by atoms with van der Waals surface area (Å²) < 4.78 is 0. The molecule has 0 bridgehead atoms. The molecule has 0 saturated heterocycles. The highest BCUT2D eigenvalue weighted by molar-refractivity contribution is 5.58. The number of nitrogens with zero attached hydrogens (tertiary/aromatic N) is 1. The Kier molecular flexibility index (Phi) is 51.7. The minimum Gasteiger partial charge on any atom is -0.333 e. The molecule has 4 heteroatoms. The fourth-order valence-electron chi connectivity index (χ4n) is 0.456. The van der Waals surface area contributed by atoms with Gasteiger partial charge in [-0.2, -0.15) is 0 Å². The van der Waals surface area contributed by atoms with Crippen LogP contribution in [0.3, 0.4) is 0 Å². The van der Waals surface area contributed by atoms with E-state index in [1.165, 1.54) is 34.0 Å². The molecule has 1 aliphatic heterocycles. The third-order valence-corrected chi connectivity index (χ3v) is 0.750. The Morgan fingerprint density at radius 1 is 1.00 bits per heavy atom. The van der Waals surface area contributed by atoms with E-state index in [-0.39, 0.29) is 0 Å². The first-order valence-corrected chi connectivity index (χ1v) is 3.71. The van der Waals surface area contributed by atoms with Crippen LogP contribution in [0, 0.1) is 0 Å². The van der Waals surface area contributed by atoms with Gasteiger partial charge in [0, 0.05) is 6.54 Å². The third kappa shape index (κ3) is 26.3. The molecule has 0 aromatic carbocycles. The minimum atomic E-state index is 1.07. The molecular formula is C7H22N4. The summed E-state index contributed by atoms with van der Waals surface area (Å²) in [6.45, 7) is 1.07. The smallest absolute Gasteiger partial charge is 0.0388 e. The molecule has 4 nitrogen and oxygen atoms in total. The van der Waals surface area contributed by atoms with Gasteiger partial charge in [-0.3, -0.25) is 4.99 Å². The molecule has 0 aliphatic carbocycles. The Labute approximate surface area is 69.9 Å². The number of aliphatic imine (C=N–C) groups is 1. The molecule has 0 radical (unpaired) electrons. The highest BCUT2D eigenvalue weighted by atomic mass is 14.7. The van der Waals surface area contributed by atoms with Crippen LogP contribution >= 0.6 is 0 Å². The number of hydrogen-bond acceptors (Lipinski definition) is 4. The van der Waals surface area contributed by atoms with Crippen molar-refractivity contribution in [2.75, 3.05) is 27.7 Å². The van der Waals surface area contributed by atoms with Gasteiger partial charge in [-0.1, -0.05) is 0 Å². The average molecular weight is 162 g/mol. The predicted molar refractivity (Wildman–Crippen MR) is 52.9 cm³/mol. The Morgan fingerprint density at radius 2 is 1.45 bits per heavy atom. The van der Waals surface area contributed by atoms with Crippen LogP contribution < -0.4 is 17.2 Å². The van der Waals surface area contributed by atoms with Crippen molar-refractivity contribution < 1.29 is 0 Å². The van der Waals surface area contributed by atoms with Gasteiger partial charge in [-0.25, -0.2) is 0 Å². The van der Waals surface area contributed by atoms with Gasteiger partial charge in [0.05, 0.1) is 0 Å². The van der Waals surface area contributed by atoms with Crippen LogP contribution in [0.1, 0.15) is 12.8 Å². The van der Waals surface area contributed by atoms with Crippen LogP contribution in [0.2, 0.25) is 0 Å². The maximum atomic E-state index is 4.50. The molecule has 0 unspecified atom stereocenters. The molecule has 6 N–H and O–H groups in total. The Hall–Kier alpha value is -0.450. The largest absolute Gasteiger partial charge is 0.333 e. The quantitative estimate of drug-likeness (QED) is 0.451. The van der Waals surface area contributed by atoms with Gasteiger partial charge in [0.1, 0.15) is 0 Å². The van der Waals surface area contributed by atoms with E-state index < -0.39 is 0 Å². The van der Waals surface area contributed by atoms with Crippen molar-refractivity contribution in [3.8, 4) is 0 Å². The van der Waals surface area contributed by atoms with Crippen molar-refractivity contribution in [3.05, 3.63) is 0 Å². The SMILES string of the molecule is C1=NCCC1.CN.CN.CN. The van der Waals surface area contributed by atoms with E-state index in [9.17, 15) is 0 Å². The number of rotatable bonds is 0. The third-order valence-electron chi connectivity index (χ3n) is 0.750. The minimum absolute atomic E-state index is 1.07. The molecule has 0 spiro atoms. The molecule has 0 aromatic heterocycles. The number of hydrogen-bond donors (Lipinski definition) is 3. The molecule has 0 fully saturated rings. The lowest BCUT2D eigenvalue weighted by Gasteiger charge is -1.67. The van der Waals surface area contributed by atoms with Gasteiger partial charge in [-0.15, -0.1) is 0 Å². The monoisotopic (exact) mass is 162 g/mol. The van der Waals surface area contributed by atoms with E-state index in [4.69, 9.17) is 0 Å². The standard InChI is InChI=1S/C4H7N.3CH5N/c1-2-4-5-3-1;3*1-2/h3H,1-2,4H2;3*2H2,1H3. The molecule has 1 rings (SSSR count). The molecule has 1 aliphatic rings. The van der Waals surface area contributed by atoms with E-state index in [0.717, 1.165) is 6.54 Å². The first-order valence-electron chi connectivity index (χ1n) is 3.71. The lowest BCUT2D eigenvalue weighted by molar-refractivity contribution is 0.952. The van der Waals surface area contributed by atoms with Crippen LogP contribution in [0.25, 0.3) is 0 Å².